The highest BCUT2D eigenvalue weighted by Crippen LogP contribution is 2.39. The number of benzene rings is 2. The molecule has 0 bridgehead atoms. The Kier molecular flexibility index (Phi) is 11.2. The minimum absolute atomic E-state index is 0.133. The number of unbranched alkanes of at least 4 members (excludes halogenated alkanes) is 3. The first-order valence-corrected chi connectivity index (χ1v) is 14.0. The molecule has 0 saturated heterocycles. The molecule has 3 rings (SSSR count). The summed E-state index contributed by atoms with van der Waals surface area (Å²) in [6.45, 7) is 6.83. The van der Waals surface area contributed by atoms with Crippen molar-refractivity contribution in [1.82, 2.24) is 0 Å². The van der Waals surface area contributed by atoms with Crippen molar-refractivity contribution in [2.75, 3.05) is 0 Å². The van der Waals surface area contributed by atoms with E-state index in [1.807, 2.05) is 12.1 Å². The van der Waals surface area contributed by atoms with E-state index in [1.54, 1.807) is 0 Å². The monoisotopic (exact) mass is 462 g/mol. The Morgan fingerprint density at radius 1 is 0.824 bits per heavy atom. The van der Waals surface area contributed by atoms with Gasteiger partial charge in [0.05, 0.1) is 0 Å². The number of carbonyl (C=O) groups excluding carboxylic acids is 1. The van der Waals surface area contributed by atoms with Crippen LogP contribution >= 0.6 is 0 Å². The largest absolute Gasteiger partial charge is 0.427 e. The van der Waals surface area contributed by atoms with E-state index in [9.17, 15) is 4.79 Å². The molecule has 0 spiro atoms. The van der Waals surface area contributed by atoms with Gasteiger partial charge in [0.15, 0.2) is 0 Å². The standard InChI is InChI=1S/C32H46O2/c1-4-7-9-11-32(33)34-31-22-20-30(21-23-31)29-18-16-28(17-19-29)27-14-12-26(13-15-27)24-25(6-3)10-8-5-2/h16-23,25-27H,4-15,24H2,1-3H3. The Hall–Kier alpha value is -2.09. The molecule has 1 unspecified atom stereocenters. The molecule has 0 N–H and O–H groups in total. The van der Waals surface area contributed by atoms with Crippen LogP contribution < -0.4 is 4.74 Å². The lowest BCUT2D eigenvalue weighted by atomic mass is 9.74. The zero-order chi connectivity index (χ0) is 24.2. The van der Waals surface area contributed by atoms with E-state index in [1.165, 1.54) is 74.5 Å². The van der Waals surface area contributed by atoms with Crippen LogP contribution in [0.4, 0.5) is 0 Å². The zero-order valence-corrected chi connectivity index (χ0v) is 21.9. The summed E-state index contributed by atoms with van der Waals surface area (Å²) in [4.78, 5) is 11.9. The number of ether oxygens (including phenoxy) is 1. The van der Waals surface area contributed by atoms with Gasteiger partial charge in [0.25, 0.3) is 0 Å². The topological polar surface area (TPSA) is 26.3 Å². The summed E-state index contributed by atoms with van der Waals surface area (Å²) in [6.07, 6.45) is 16.0. The first kappa shape index (κ1) is 26.5. The second kappa shape index (κ2) is 14.3. The smallest absolute Gasteiger partial charge is 0.311 e. The van der Waals surface area contributed by atoms with E-state index in [0.717, 1.165) is 37.0 Å². The molecule has 1 aliphatic rings. The Labute approximate surface area is 208 Å². The molecule has 0 heterocycles. The summed E-state index contributed by atoms with van der Waals surface area (Å²) >= 11 is 0. The van der Waals surface area contributed by atoms with Gasteiger partial charge in [0, 0.05) is 6.42 Å². The van der Waals surface area contributed by atoms with Gasteiger partial charge in [-0.25, -0.2) is 0 Å². The first-order valence-electron chi connectivity index (χ1n) is 14.0. The zero-order valence-electron chi connectivity index (χ0n) is 21.9. The van der Waals surface area contributed by atoms with Crippen LogP contribution in [0, 0.1) is 11.8 Å². The Morgan fingerprint density at radius 3 is 2.03 bits per heavy atom. The van der Waals surface area contributed by atoms with Gasteiger partial charge in [-0.2, -0.15) is 0 Å². The van der Waals surface area contributed by atoms with Crippen molar-refractivity contribution in [3.05, 3.63) is 54.1 Å². The van der Waals surface area contributed by atoms with E-state index < -0.39 is 0 Å². The van der Waals surface area contributed by atoms with Crippen molar-refractivity contribution in [2.24, 2.45) is 11.8 Å². The van der Waals surface area contributed by atoms with Crippen molar-refractivity contribution in [3.63, 3.8) is 0 Å². The highest BCUT2D eigenvalue weighted by Gasteiger charge is 2.24. The van der Waals surface area contributed by atoms with Gasteiger partial charge in [0.2, 0.25) is 0 Å². The van der Waals surface area contributed by atoms with Gasteiger partial charge in [-0.15, -0.1) is 0 Å². The average molecular weight is 463 g/mol. The summed E-state index contributed by atoms with van der Waals surface area (Å²) in [6, 6.07) is 17.1. The fourth-order valence-corrected chi connectivity index (χ4v) is 5.55. The third-order valence-corrected chi connectivity index (χ3v) is 7.84. The number of hydrogen-bond acceptors (Lipinski definition) is 2. The summed E-state index contributed by atoms with van der Waals surface area (Å²) in [5.41, 5.74) is 3.89. The van der Waals surface area contributed by atoms with Crippen molar-refractivity contribution in [2.45, 2.75) is 110 Å². The van der Waals surface area contributed by atoms with Crippen LogP contribution in [0.1, 0.15) is 116 Å². The predicted molar refractivity (Wildman–Crippen MR) is 144 cm³/mol. The highest BCUT2D eigenvalue weighted by atomic mass is 16.5. The minimum atomic E-state index is -0.133. The number of hydrogen-bond donors (Lipinski definition) is 0. The van der Waals surface area contributed by atoms with Crippen LogP contribution in [-0.4, -0.2) is 5.97 Å². The summed E-state index contributed by atoms with van der Waals surface area (Å²) in [5.74, 6) is 3.11. The summed E-state index contributed by atoms with van der Waals surface area (Å²) in [7, 11) is 0. The van der Waals surface area contributed by atoms with Crippen LogP contribution in [0.2, 0.25) is 0 Å². The van der Waals surface area contributed by atoms with Crippen LogP contribution in [0.5, 0.6) is 5.75 Å². The molecule has 2 aromatic rings. The van der Waals surface area contributed by atoms with Gasteiger partial charge in [-0.05, 0) is 85.1 Å². The van der Waals surface area contributed by atoms with Crippen molar-refractivity contribution >= 4 is 5.97 Å². The van der Waals surface area contributed by atoms with Gasteiger partial charge in [-0.1, -0.05) is 95.7 Å². The lowest BCUT2D eigenvalue weighted by Crippen LogP contribution is -2.16. The molecular weight excluding hydrogens is 416 g/mol. The van der Waals surface area contributed by atoms with Crippen LogP contribution in [0.25, 0.3) is 11.1 Å². The van der Waals surface area contributed by atoms with E-state index in [4.69, 9.17) is 4.74 Å². The average Bonchev–Trinajstić information content (AvgIpc) is 2.88. The van der Waals surface area contributed by atoms with E-state index in [2.05, 4.69) is 57.2 Å². The third kappa shape index (κ3) is 8.29. The Bertz CT molecular complexity index is 828. The molecule has 1 aliphatic carbocycles. The van der Waals surface area contributed by atoms with Gasteiger partial charge < -0.3 is 4.74 Å². The van der Waals surface area contributed by atoms with Gasteiger partial charge in [-0.3, -0.25) is 4.79 Å². The lowest BCUT2D eigenvalue weighted by molar-refractivity contribution is -0.134. The van der Waals surface area contributed by atoms with Crippen molar-refractivity contribution in [1.29, 1.82) is 0 Å². The maximum Gasteiger partial charge on any atom is 0.311 e. The van der Waals surface area contributed by atoms with Gasteiger partial charge in [0.1, 0.15) is 5.75 Å². The molecule has 0 amide bonds. The van der Waals surface area contributed by atoms with Crippen molar-refractivity contribution in [3.8, 4) is 16.9 Å². The van der Waals surface area contributed by atoms with Crippen molar-refractivity contribution < 1.29 is 9.53 Å². The molecule has 2 nitrogen and oxygen atoms in total. The molecule has 0 aliphatic heterocycles. The van der Waals surface area contributed by atoms with E-state index >= 15 is 0 Å². The minimum Gasteiger partial charge on any atom is -0.427 e. The molecule has 34 heavy (non-hydrogen) atoms. The molecule has 186 valence electrons. The maximum atomic E-state index is 11.9. The molecule has 2 aromatic carbocycles. The predicted octanol–water partition coefficient (Wildman–Crippen LogP) is 9.72. The number of rotatable bonds is 13. The molecule has 0 radical (unpaired) electrons. The second-order valence-electron chi connectivity index (χ2n) is 10.4. The van der Waals surface area contributed by atoms with E-state index in [-0.39, 0.29) is 5.97 Å². The number of esters is 1. The number of carbonyl (C=O) groups is 1. The molecule has 0 aromatic heterocycles. The second-order valence-corrected chi connectivity index (χ2v) is 10.4. The highest BCUT2D eigenvalue weighted by molar-refractivity contribution is 5.73. The summed E-state index contributed by atoms with van der Waals surface area (Å²) in [5, 5.41) is 0. The molecule has 1 saturated carbocycles. The molecule has 2 heteroatoms. The fourth-order valence-electron chi connectivity index (χ4n) is 5.55. The fraction of sp³-hybridized carbons (Fsp3) is 0.594. The Morgan fingerprint density at radius 2 is 1.44 bits per heavy atom. The van der Waals surface area contributed by atoms with Gasteiger partial charge >= 0.3 is 5.97 Å². The van der Waals surface area contributed by atoms with Crippen LogP contribution in [-0.2, 0) is 4.79 Å². The Balaban J connectivity index is 1.48. The van der Waals surface area contributed by atoms with Crippen LogP contribution in [0.15, 0.2) is 48.5 Å². The third-order valence-electron chi connectivity index (χ3n) is 7.84. The quantitative estimate of drug-likeness (QED) is 0.168. The summed E-state index contributed by atoms with van der Waals surface area (Å²) < 4.78 is 5.47. The normalized spacial score (nSPS) is 19.0. The molecule has 1 fully saturated rings. The molecule has 1 atom stereocenters. The molecular formula is C32H46O2. The van der Waals surface area contributed by atoms with Crippen LogP contribution in [0.3, 0.4) is 0 Å². The maximum absolute atomic E-state index is 11.9. The van der Waals surface area contributed by atoms with E-state index in [0.29, 0.717) is 12.2 Å². The first-order chi connectivity index (χ1) is 16.6. The lowest BCUT2D eigenvalue weighted by Gasteiger charge is -2.31. The SMILES string of the molecule is CCCCCC(=O)Oc1ccc(-c2ccc(C3CCC(CC(CC)CCCC)CC3)cc2)cc1.